The van der Waals surface area contributed by atoms with Crippen molar-refractivity contribution in [3.05, 3.63) is 157 Å². The minimum absolute atomic E-state index is 0.00792. The summed E-state index contributed by atoms with van der Waals surface area (Å²) >= 11 is 0. The van der Waals surface area contributed by atoms with Gasteiger partial charge in [-0.25, -0.2) is 19.0 Å². The number of benzene rings is 4. The number of pyridine rings is 2. The van der Waals surface area contributed by atoms with Crippen molar-refractivity contribution in [3.63, 3.8) is 0 Å². The SMILES string of the molecule is CC[C@@]1(O)C(=O)OCc2c1cc1n(c2=O)Cc2c-1nc1cc(F)c(C)c3c1c2C(CCOCNC(=O)CNC(=O)[C@H](Cc1ccccc1)NC(=O)CNC(=O)CN(C)C(=O)OC1c2ccccc2-c2ccccc21)CC3. The summed E-state index contributed by atoms with van der Waals surface area (Å²) in [6.07, 6.45) is 0.425. The van der Waals surface area contributed by atoms with Crippen LogP contribution in [0.5, 0.6) is 0 Å². The van der Waals surface area contributed by atoms with Gasteiger partial charge >= 0.3 is 12.1 Å². The van der Waals surface area contributed by atoms with Crippen molar-refractivity contribution in [2.45, 2.75) is 82.8 Å². The molecule has 76 heavy (non-hydrogen) atoms. The largest absolute Gasteiger partial charge is 0.458 e. The van der Waals surface area contributed by atoms with Crippen molar-refractivity contribution in [1.82, 2.24) is 35.7 Å². The molecule has 0 radical (unpaired) electrons. The van der Waals surface area contributed by atoms with E-state index in [1.54, 1.807) is 48.7 Å². The number of halogens is 1. The molecule has 392 valence electrons. The van der Waals surface area contributed by atoms with E-state index in [2.05, 4.69) is 21.3 Å². The number of likely N-dealkylation sites (N-methyl/N-ethyl adjacent to an activating group) is 1. The molecule has 2 aliphatic carbocycles. The second kappa shape index (κ2) is 21.1. The molecule has 0 saturated carbocycles. The molecule has 2 aromatic heterocycles. The van der Waals surface area contributed by atoms with Gasteiger partial charge in [-0.15, -0.1) is 0 Å². The van der Waals surface area contributed by atoms with Gasteiger partial charge in [0.05, 0.1) is 42.1 Å². The van der Waals surface area contributed by atoms with Gasteiger partial charge in [0.1, 0.15) is 31.7 Å². The molecule has 5 amide bonds. The molecule has 0 spiro atoms. The zero-order chi connectivity index (χ0) is 53.4. The fourth-order valence-corrected chi connectivity index (χ4v) is 11.0. The number of carbonyl (C=O) groups excluding carboxylic acids is 6. The molecule has 19 heteroatoms. The van der Waals surface area contributed by atoms with Crippen molar-refractivity contribution in [3.8, 4) is 22.5 Å². The number of esters is 1. The van der Waals surface area contributed by atoms with Crippen LogP contribution < -0.4 is 26.8 Å². The van der Waals surface area contributed by atoms with Gasteiger partial charge in [0.15, 0.2) is 11.7 Å². The smallest absolute Gasteiger partial charge is 0.410 e. The van der Waals surface area contributed by atoms with Crippen LogP contribution in [0.25, 0.3) is 33.4 Å². The highest BCUT2D eigenvalue weighted by molar-refractivity contribution is 5.94. The Labute approximate surface area is 435 Å². The van der Waals surface area contributed by atoms with Gasteiger partial charge in [-0.2, -0.15) is 0 Å². The van der Waals surface area contributed by atoms with Gasteiger partial charge in [-0.05, 0) is 78.0 Å². The van der Waals surface area contributed by atoms with Gasteiger partial charge in [0.25, 0.3) is 5.56 Å². The minimum Gasteiger partial charge on any atom is -0.458 e. The predicted octanol–water partition coefficient (Wildman–Crippen LogP) is 4.84. The van der Waals surface area contributed by atoms with Crippen molar-refractivity contribution >= 4 is 46.6 Å². The fourth-order valence-electron chi connectivity index (χ4n) is 11.0. The molecule has 6 aromatic rings. The number of hydrogen-bond donors (Lipinski definition) is 5. The number of aryl methyl sites for hydroxylation is 1. The highest BCUT2D eigenvalue weighted by atomic mass is 19.1. The van der Waals surface area contributed by atoms with E-state index in [0.29, 0.717) is 41.7 Å². The van der Waals surface area contributed by atoms with Crippen LogP contribution in [0.1, 0.15) is 88.3 Å². The molecule has 4 heterocycles. The van der Waals surface area contributed by atoms with E-state index in [0.717, 1.165) is 54.8 Å². The van der Waals surface area contributed by atoms with Crippen LogP contribution in [0.15, 0.2) is 95.8 Å². The van der Waals surface area contributed by atoms with Crippen LogP contribution in [0, 0.1) is 12.7 Å². The highest BCUT2D eigenvalue weighted by Gasteiger charge is 2.46. The van der Waals surface area contributed by atoms with Crippen LogP contribution in [0.3, 0.4) is 0 Å². The second-order valence-corrected chi connectivity index (χ2v) is 19.6. The lowest BCUT2D eigenvalue weighted by molar-refractivity contribution is -0.172. The monoisotopic (exact) mass is 1030 g/mol. The molecule has 10 rings (SSSR count). The zero-order valence-electron chi connectivity index (χ0n) is 42.1. The number of cyclic esters (lactones) is 1. The summed E-state index contributed by atoms with van der Waals surface area (Å²) < 4.78 is 34.0. The third kappa shape index (κ3) is 9.67. The Kier molecular flexibility index (Phi) is 14.2. The highest BCUT2D eigenvalue weighted by Crippen LogP contribution is 2.48. The van der Waals surface area contributed by atoms with Gasteiger partial charge < -0.3 is 50.1 Å². The Morgan fingerprint density at radius 3 is 2.32 bits per heavy atom. The van der Waals surface area contributed by atoms with Crippen molar-refractivity contribution in [1.29, 1.82) is 0 Å². The number of nitrogens with zero attached hydrogens (tertiary/aromatic N) is 3. The van der Waals surface area contributed by atoms with Crippen molar-refractivity contribution in [2.24, 2.45) is 0 Å². The van der Waals surface area contributed by atoms with Crippen LogP contribution in [0.2, 0.25) is 0 Å². The molecule has 0 bridgehead atoms. The van der Waals surface area contributed by atoms with E-state index in [1.165, 1.54) is 13.1 Å². The van der Waals surface area contributed by atoms with Crippen LogP contribution >= 0.6 is 0 Å². The average molecular weight is 1030 g/mol. The van der Waals surface area contributed by atoms with Crippen LogP contribution in [0.4, 0.5) is 9.18 Å². The molecule has 2 aliphatic heterocycles. The van der Waals surface area contributed by atoms with E-state index in [4.69, 9.17) is 19.2 Å². The van der Waals surface area contributed by atoms with Gasteiger partial charge in [0, 0.05) is 53.8 Å². The molecule has 5 N–H and O–H groups in total. The summed E-state index contributed by atoms with van der Waals surface area (Å²) in [6, 6.07) is 26.1. The first-order chi connectivity index (χ1) is 36.6. The Balaban J connectivity index is 0.721. The van der Waals surface area contributed by atoms with Gasteiger partial charge in [-0.3, -0.25) is 24.0 Å². The Morgan fingerprint density at radius 2 is 1.59 bits per heavy atom. The normalized spacial score (nSPS) is 17.0. The van der Waals surface area contributed by atoms with Gasteiger partial charge in [0.2, 0.25) is 23.6 Å². The summed E-state index contributed by atoms with van der Waals surface area (Å²) in [5, 5.41) is 22.6. The maximum Gasteiger partial charge on any atom is 0.410 e. The number of carbonyl (C=O) groups is 6. The molecular weight excluding hydrogens is 978 g/mol. The van der Waals surface area contributed by atoms with Crippen molar-refractivity contribution in [2.75, 3.05) is 40.0 Å². The zero-order valence-corrected chi connectivity index (χ0v) is 42.1. The second-order valence-electron chi connectivity index (χ2n) is 19.6. The first kappa shape index (κ1) is 51.2. The summed E-state index contributed by atoms with van der Waals surface area (Å²) in [5.74, 6) is -3.83. The first-order valence-corrected chi connectivity index (χ1v) is 25.3. The molecule has 1 unspecified atom stereocenters. The Hall–Kier alpha value is -8.29. The summed E-state index contributed by atoms with van der Waals surface area (Å²) in [7, 11) is 1.41. The lowest BCUT2D eigenvalue weighted by Gasteiger charge is -2.31. The molecule has 0 fully saturated rings. The number of ether oxygens (including phenoxy) is 3. The predicted molar refractivity (Wildman–Crippen MR) is 275 cm³/mol. The fraction of sp³-hybridized carbons (Fsp3) is 0.333. The summed E-state index contributed by atoms with van der Waals surface area (Å²) in [6.45, 7) is 1.98. The van der Waals surface area contributed by atoms with E-state index in [-0.39, 0.29) is 56.4 Å². The summed E-state index contributed by atoms with van der Waals surface area (Å²) in [4.78, 5) is 98.6. The number of nitrogens with one attached hydrogen (secondary N) is 4. The Morgan fingerprint density at radius 1 is 0.895 bits per heavy atom. The Bertz CT molecular complexity index is 3370. The van der Waals surface area contributed by atoms with E-state index < -0.39 is 84.4 Å². The lowest BCUT2D eigenvalue weighted by Crippen LogP contribution is -2.52. The molecule has 4 aliphatic rings. The molecule has 3 atom stereocenters. The number of rotatable bonds is 17. The number of amides is 5. The standard InChI is InChI=1S/C57H56FN7O11/c1-4-57(73)41-23-45-51-39(27-65(45)54(70)40(41)29-75-55(57)71)49-33(18-19-34-31(2)42(58)24-43(63-51)50(34)49)20-21-74-30-61-46(66)25-60-53(69)44(22-32-12-6-5-7-13-32)62-47(67)26-59-48(68)28-64(3)56(72)76-52-37-16-10-8-14-35(37)36-15-9-11-17-38(36)52/h5-17,23-24,33,44,52,73H,4,18-22,25-30H2,1-3H3,(H,59,68)(H,60,69)(H,61,66)(H,62,67)/t33?,44-,57-/m0/s1. The average Bonchev–Trinajstić information content (AvgIpc) is 3.96. The quantitative estimate of drug-likeness (QED) is 0.0469. The third-order valence-electron chi connectivity index (χ3n) is 15.0. The van der Waals surface area contributed by atoms with E-state index in [1.807, 2.05) is 54.6 Å². The number of hydrogen-bond acceptors (Lipinski definition) is 12. The van der Waals surface area contributed by atoms with Gasteiger partial charge in [-0.1, -0.05) is 85.8 Å². The van der Waals surface area contributed by atoms with Crippen molar-refractivity contribution < 1.29 is 52.5 Å². The number of aliphatic hydroxyl groups is 1. The summed E-state index contributed by atoms with van der Waals surface area (Å²) in [5.41, 5.74) is 6.76. The molecular formula is C57H56FN7O11. The molecule has 0 saturated heterocycles. The first-order valence-electron chi connectivity index (χ1n) is 25.3. The topological polar surface area (TPSA) is 237 Å². The molecule has 4 aromatic carbocycles. The number of aromatic nitrogens is 2. The molecule has 18 nitrogen and oxygen atoms in total. The van der Waals surface area contributed by atoms with Crippen LogP contribution in [-0.4, -0.2) is 101 Å². The third-order valence-corrected chi connectivity index (χ3v) is 15.0. The minimum atomic E-state index is -2.00. The van der Waals surface area contributed by atoms with Crippen LogP contribution in [-0.2, 0) is 69.8 Å². The lowest BCUT2D eigenvalue weighted by atomic mass is 9.77. The maximum absolute atomic E-state index is 15.4. The van der Waals surface area contributed by atoms with E-state index in [9.17, 15) is 38.7 Å². The number of fused-ring (bicyclic) bond motifs is 8. The maximum atomic E-state index is 15.4. The van der Waals surface area contributed by atoms with E-state index >= 15 is 4.39 Å².